The number of rotatable bonds is 5. The third kappa shape index (κ3) is 2.72. The maximum Gasteiger partial charge on any atom is 0.163 e. The van der Waals surface area contributed by atoms with Crippen LogP contribution in [0, 0.1) is 13.8 Å². The zero-order valence-electron chi connectivity index (χ0n) is 10.2. The van der Waals surface area contributed by atoms with Crippen molar-refractivity contribution in [3.8, 4) is 5.75 Å². The number of benzene rings is 1. The van der Waals surface area contributed by atoms with Crippen molar-refractivity contribution >= 4 is 5.78 Å². The largest absolute Gasteiger partial charge is 0.496 e. The van der Waals surface area contributed by atoms with E-state index in [0.717, 1.165) is 28.9 Å². The molecule has 0 unspecified atom stereocenters. The number of hydrogen-bond donors (Lipinski definition) is 0. The summed E-state index contributed by atoms with van der Waals surface area (Å²) in [5.41, 5.74) is 2.77. The Bertz CT molecular complexity index is 382. The summed E-state index contributed by atoms with van der Waals surface area (Å²) in [4.78, 5) is 11.8. The minimum atomic E-state index is 0.161. The highest BCUT2D eigenvalue weighted by Crippen LogP contribution is 2.25. The van der Waals surface area contributed by atoms with Gasteiger partial charge in [0.2, 0.25) is 0 Å². The molecule has 0 bridgehead atoms. The molecular weight excluding hydrogens is 200 g/mol. The third-order valence-electron chi connectivity index (χ3n) is 2.56. The number of hydrogen-bond acceptors (Lipinski definition) is 2. The summed E-state index contributed by atoms with van der Waals surface area (Å²) in [7, 11) is 1.65. The fraction of sp³-hybridized carbons (Fsp3) is 0.357. The van der Waals surface area contributed by atoms with Crippen molar-refractivity contribution < 1.29 is 9.53 Å². The number of ketones is 1. The van der Waals surface area contributed by atoms with Crippen LogP contribution in [0.4, 0.5) is 0 Å². The molecule has 0 radical (unpaired) electrons. The van der Waals surface area contributed by atoms with Crippen LogP contribution in [-0.4, -0.2) is 12.9 Å². The van der Waals surface area contributed by atoms with E-state index in [1.54, 1.807) is 13.2 Å². The van der Waals surface area contributed by atoms with Gasteiger partial charge in [0.15, 0.2) is 5.78 Å². The molecule has 0 saturated carbocycles. The van der Waals surface area contributed by atoms with Crippen LogP contribution in [0.15, 0.2) is 24.8 Å². The molecule has 1 aromatic rings. The number of ether oxygens (including phenoxy) is 1. The molecule has 0 N–H and O–H groups in total. The average Bonchev–Trinajstić information content (AvgIpc) is 2.25. The van der Waals surface area contributed by atoms with E-state index >= 15 is 0 Å². The topological polar surface area (TPSA) is 26.3 Å². The van der Waals surface area contributed by atoms with Gasteiger partial charge in [-0.15, -0.1) is 6.58 Å². The molecular formula is C14H18O2. The molecule has 0 aliphatic rings. The molecule has 2 heteroatoms. The zero-order valence-corrected chi connectivity index (χ0v) is 10.2. The van der Waals surface area contributed by atoms with Crippen molar-refractivity contribution in [2.75, 3.05) is 7.11 Å². The molecule has 0 atom stereocenters. The van der Waals surface area contributed by atoms with E-state index < -0.39 is 0 Å². The molecule has 0 fully saturated rings. The Morgan fingerprint density at radius 3 is 2.38 bits per heavy atom. The van der Waals surface area contributed by atoms with Crippen molar-refractivity contribution in [3.63, 3.8) is 0 Å². The van der Waals surface area contributed by atoms with Gasteiger partial charge in [-0.1, -0.05) is 6.08 Å². The average molecular weight is 218 g/mol. The Morgan fingerprint density at radius 1 is 1.38 bits per heavy atom. The van der Waals surface area contributed by atoms with Gasteiger partial charge >= 0.3 is 0 Å². The Labute approximate surface area is 96.9 Å². The standard InChI is InChI=1S/C14H18O2/c1-5-6-7-13(15)12-8-10(2)14(16-4)11(3)9-12/h5,8-9H,1,6-7H2,2-4H3. The van der Waals surface area contributed by atoms with Gasteiger partial charge in [-0.05, 0) is 43.5 Å². The molecule has 0 amide bonds. The summed E-state index contributed by atoms with van der Waals surface area (Å²) in [6.07, 6.45) is 3.01. The monoisotopic (exact) mass is 218 g/mol. The molecule has 0 spiro atoms. The second-order valence-electron chi connectivity index (χ2n) is 3.89. The molecule has 1 aromatic carbocycles. The van der Waals surface area contributed by atoms with Crippen molar-refractivity contribution in [1.82, 2.24) is 0 Å². The Morgan fingerprint density at radius 2 is 1.94 bits per heavy atom. The number of allylic oxidation sites excluding steroid dienone is 1. The van der Waals surface area contributed by atoms with Gasteiger partial charge in [0.1, 0.15) is 5.75 Å². The van der Waals surface area contributed by atoms with Crippen LogP contribution in [0.25, 0.3) is 0 Å². The van der Waals surface area contributed by atoms with Gasteiger partial charge in [-0.25, -0.2) is 0 Å². The first-order valence-electron chi connectivity index (χ1n) is 5.39. The lowest BCUT2D eigenvalue weighted by molar-refractivity contribution is 0.0983. The van der Waals surface area contributed by atoms with Crippen LogP contribution >= 0.6 is 0 Å². The van der Waals surface area contributed by atoms with E-state index in [-0.39, 0.29) is 5.78 Å². The number of methoxy groups -OCH3 is 1. The molecule has 16 heavy (non-hydrogen) atoms. The summed E-state index contributed by atoms with van der Waals surface area (Å²) in [6, 6.07) is 3.77. The van der Waals surface area contributed by atoms with Crippen molar-refractivity contribution in [1.29, 1.82) is 0 Å². The van der Waals surface area contributed by atoms with Gasteiger partial charge in [-0.3, -0.25) is 4.79 Å². The second kappa shape index (κ2) is 5.50. The number of aryl methyl sites for hydroxylation is 2. The van der Waals surface area contributed by atoms with Crippen LogP contribution < -0.4 is 4.74 Å². The Hall–Kier alpha value is -1.57. The zero-order chi connectivity index (χ0) is 12.1. The summed E-state index contributed by atoms with van der Waals surface area (Å²) in [5.74, 6) is 1.02. The predicted octanol–water partition coefficient (Wildman–Crippen LogP) is 3.46. The fourth-order valence-electron chi connectivity index (χ4n) is 1.81. The van der Waals surface area contributed by atoms with Crippen molar-refractivity contribution in [3.05, 3.63) is 41.5 Å². The summed E-state index contributed by atoms with van der Waals surface area (Å²) < 4.78 is 5.26. The number of Topliss-reactive ketones (excluding diaryl/α,β-unsaturated/α-hetero) is 1. The Balaban J connectivity index is 2.99. The van der Waals surface area contributed by atoms with E-state index in [9.17, 15) is 4.79 Å². The van der Waals surface area contributed by atoms with Crippen LogP contribution in [-0.2, 0) is 0 Å². The number of carbonyl (C=O) groups excluding carboxylic acids is 1. The molecule has 0 aliphatic carbocycles. The lowest BCUT2D eigenvalue weighted by Gasteiger charge is -2.10. The van der Waals surface area contributed by atoms with Crippen molar-refractivity contribution in [2.45, 2.75) is 26.7 Å². The van der Waals surface area contributed by atoms with Crippen LogP contribution in [0.5, 0.6) is 5.75 Å². The van der Waals surface area contributed by atoms with E-state index in [1.807, 2.05) is 26.0 Å². The van der Waals surface area contributed by atoms with Crippen LogP contribution in [0.1, 0.15) is 34.3 Å². The maximum absolute atomic E-state index is 11.8. The molecule has 1 rings (SSSR count). The lowest BCUT2D eigenvalue weighted by atomic mass is 10.0. The predicted molar refractivity (Wildman–Crippen MR) is 66.2 cm³/mol. The molecule has 2 nitrogen and oxygen atoms in total. The highest BCUT2D eigenvalue weighted by atomic mass is 16.5. The van der Waals surface area contributed by atoms with E-state index in [0.29, 0.717) is 6.42 Å². The molecule has 0 aromatic heterocycles. The fourth-order valence-corrected chi connectivity index (χ4v) is 1.81. The minimum absolute atomic E-state index is 0.161. The van der Waals surface area contributed by atoms with Crippen LogP contribution in [0.3, 0.4) is 0 Å². The lowest BCUT2D eigenvalue weighted by Crippen LogP contribution is -2.01. The van der Waals surface area contributed by atoms with Gasteiger partial charge in [0.25, 0.3) is 0 Å². The summed E-state index contributed by atoms with van der Waals surface area (Å²) >= 11 is 0. The van der Waals surface area contributed by atoms with Gasteiger partial charge in [0, 0.05) is 12.0 Å². The second-order valence-corrected chi connectivity index (χ2v) is 3.89. The van der Waals surface area contributed by atoms with Crippen molar-refractivity contribution in [2.24, 2.45) is 0 Å². The van der Waals surface area contributed by atoms with Gasteiger partial charge < -0.3 is 4.74 Å². The van der Waals surface area contributed by atoms with E-state index in [4.69, 9.17) is 4.74 Å². The smallest absolute Gasteiger partial charge is 0.163 e. The van der Waals surface area contributed by atoms with E-state index in [2.05, 4.69) is 6.58 Å². The number of carbonyl (C=O) groups is 1. The summed E-state index contributed by atoms with van der Waals surface area (Å²) in [5, 5.41) is 0. The molecule has 0 aliphatic heterocycles. The van der Waals surface area contributed by atoms with Gasteiger partial charge in [0.05, 0.1) is 7.11 Å². The SMILES string of the molecule is C=CCCC(=O)c1cc(C)c(OC)c(C)c1. The molecule has 0 saturated heterocycles. The normalized spacial score (nSPS) is 9.94. The third-order valence-corrected chi connectivity index (χ3v) is 2.56. The minimum Gasteiger partial charge on any atom is -0.496 e. The maximum atomic E-state index is 11.8. The molecule has 86 valence electrons. The first kappa shape index (κ1) is 12.5. The quantitative estimate of drug-likeness (QED) is 0.559. The van der Waals surface area contributed by atoms with Crippen LogP contribution in [0.2, 0.25) is 0 Å². The molecule has 0 heterocycles. The highest BCUT2D eigenvalue weighted by molar-refractivity contribution is 5.96. The van der Waals surface area contributed by atoms with Gasteiger partial charge in [-0.2, -0.15) is 0 Å². The Kier molecular flexibility index (Phi) is 4.29. The summed E-state index contributed by atoms with van der Waals surface area (Å²) in [6.45, 7) is 7.53. The first-order valence-corrected chi connectivity index (χ1v) is 5.39. The first-order chi connectivity index (χ1) is 7.60. The highest BCUT2D eigenvalue weighted by Gasteiger charge is 2.10. The van der Waals surface area contributed by atoms with E-state index in [1.165, 1.54) is 0 Å².